The molecule has 56 valence electrons. The molecule has 0 heterocycles. The van der Waals surface area contributed by atoms with Crippen molar-refractivity contribution in [3.05, 3.63) is 0 Å². The lowest BCUT2D eigenvalue weighted by Crippen LogP contribution is -2.12. The van der Waals surface area contributed by atoms with Gasteiger partial charge in [-0.3, -0.25) is 9.59 Å². The number of hydrogen-bond acceptors (Lipinski definition) is 3. The van der Waals surface area contributed by atoms with Crippen molar-refractivity contribution in [2.24, 2.45) is 0 Å². The first-order chi connectivity index (χ1) is 4.16. The number of hydrogen-bond donors (Lipinski definition) is 1. The summed E-state index contributed by atoms with van der Waals surface area (Å²) in [7, 11) is 0. The molecule has 0 rings (SSSR count). The van der Waals surface area contributed by atoms with Crippen molar-refractivity contribution in [3.8, 4) is 0 Å². The Morgan fingerprint density at radius 1 is 1.80 bits per heavy atom. The minimum absolute atomic E-state index is 0. The lowest BCUT2D eigenvalue weighted by Gasteiger charge is -2.03. The van der Waals surface area contributed by atoms with Gasteiger partial charge < -0.3 is 9.84 Å². The quantitative estimate of drug-likeness (QED) is 0.426. The summed E-state index contributed by atoms with van der Waals surface area (Å²) in [4.78, 5) is 19.5. The number of ether oxygens (including phenoxy) is 1. The Labute approximate surface area is 74.7 Å². The van der Waals surface area contributed by atoms with Crippen molar-refractivity contribution in [1.82, 2.24) is 0 Å². The fourth-order valence-corrected chi connectivity index (χ4v) is 0.389. The summed E-state index contributed by atoms with van der Waals surface area (Å²) in [5.74, 6) is -0.968. The van der Waals surface area contributed by atoms with Gasteiger partial charge in [0.25, 0.3) is 6.47 Å². The summed E-state index contributed by atoms with van der Waals surface area (Å²) < 4.78 is 4.29. The van der Waals surface area contributed by atoms with Gasteiger partial charge in [0.1, 0.15) is 6.10 Å². The highest BCUT2D eigenvalue weighted by molar-refractivity contribution is 5.75. The molecule has 5 heteroatoms. The van der Waals surface area contributed by atoms with E-state index in [4.69, 9.17) is 5.11 Å². The molecular weight excluding hydrogens is 148 g/mol. The Morgan fingerprint density at radius 3 is 2.60 bits per heavy atom. The zero-order chi connectivity index (χ0) is 7.28. The number of carbonyl (C=O) groups excluding carboxylic acids is 1. The molecule has 4 nitrogen and oxygen atoms in total. The van der Waals surface area contributed by atoms with Crippen LogP contribution >= 0.6 is 0 Å². The van der Waals surface area contributed by atoms with Crippen molar-refractivity contribution in [1.29, 1.82) is 0 Å². The van der Waals surface area contributed by atoms with Gasteiger partial charge in [0.15, 0.2) is 0 Å². The van der Waals surface area contributed by atoms with E-state index in [-0.39, 0.29) is 35.9 Å². The minimum atomic E-state index is -0.968. The molecule has 0 aromatic carbocycles. The maximum absolute atomic E-state index is 9.89. The monoisotopic (exact) mass is 158 g/mol. The van der Waals surface area contributed by atoms with Crippen LogP contribution in [-0.4, -0.2) is 46.7 Å². The second-order valence-corrected chi connectivity index (χ2v) is 1.64. The van der Waals surface area contributed by atoms with Crippen LogP contribution in [0.15, 0.2) is 0 Å². The van der Waals surface area contributed by atoms with Crippen LogP contribution in [0.2, 0.25) is 0 Å². The van der Waals surface area contributed by atoms with Crippen LogP contribution in [0.25, 0.3) is 0 Å². The minimum Gasteiger partial charge on any atom is -0.481 e. The molecule has 0 aliphatic heterocycles. The highest BCUT2D eigenvalue weighted by atomic mass is 24.3. The third kappa shape index (κ3) is 7.71. The topological polar surface area (TPSA) is 63.6 Å². The fraction of sp³-hybridized carbons (Fsp3) is 0.600. The molecule has 0 radical (unpaired) electrons. The van der Waals surface area contributed by atoms with Gasteiger partial charge in [0.2, 0.25) is 0 Å². The van der Waals surface area contributed by atoms with E-state index in [2.05, 4.69) is 4.74 Å². The van der Waals surface area contributed by atoms with E-state index in [0.29, 0.717) is 0 Å². The van der Waals surface area contributed by atoms with Gasteiger partial charge in [-0.2, -0.15) is 0 Å². The highest BCUT2D eigenvalue weighted by Crippen LogP contribution is 1.93. The van der Waals surface area contributed by atoms with Crippen LogP contribution in [-0.2, 0) is 14.3 Å². The number of carboxylic acids is 1. The Balaban J connectivity index is 0. The van der Waals surface area contributed by atoms with Crippen molar-refractivity contribution in [3.63, 3.8) is 0 Å². The molecule has 0 saturated carbocycles. The Hall–Kier alpha value is -0.294. The average molecular weight is 158 g/mol. The number of carboxylic acid groups (broad SMARTS) is 1. The summed E-state index contributed by atoms with van der Waals surface area (Å²) in [5, 5.41) is 8.11. The summed E-state index contributed by atoms with van der Waals surface area (Å²) >= 11 is 0. The number of aliphatic carboxylic acids is 1. The molecule has 0 bridgehead atoms. The molecule has 0 amide bonds. The third-order valence-corrected chi connectivity index (χ3v) is 0.750. The fourth-order valence-electron chi connectivity index (χ4n) is 0.389. The number of carbonyl (C=O) groups is 2. The van der Waals surface area contributed by atoms with Crippen LogP contribution in [0.1, 0.15) is 13.3 Å². The Morgan fingerprint density at radius 2 is 2.30 bits per heavy atom. The molecule has 0 aliphatic rings. The van der Waals surface area contributed by atoms with Crippen LogP contribution in [0.3, 0.4) is 0 Å². The molecular formula is C5H10MgO4. The lowest BCUT2D eigenvalue weighted by atomic mass is 10.3. The predicted octanol–water partition coefficient (Wildman–Crippen LogP) is -0.894. The summed E-state index contributed by atoms with van der Waals surface area (Å²) in [6.07, 6.45) is -0.668. The molecule has 0 aromatic rings. The first kappa shape index (κ1) is 12.4. The van der Waals surface area contributed by atoms with Gasteiger partial charge in [-0.05, 0) is 6.92 Å². The van der Waals surface area contributed by atoms with Crippen molar-refractivity contribution in [2.45, 2.75) is 19.4 Å². The second kappa shape index (κ2) is 6.82. The highest BCUT2D eigenvalue weighted by Gasteiger charge is 2.05. The van der Waals surface area contributed by atoms with Gasteiger partial charge >= 0.3 is 29.0 Å². The van der Waals surface area contributed by atoms with Gasteiger partial charge in [-0.15, -0.1) is 0 Å². The van der Waals surface area contributed by atoms with E-state index in [1.54, 1.807) is 0 Å². The normalized spacial score (nSPS) is 10.9. The van der Waals surface area contributed by atoms with E-state index < -0.39 is 12.1 Å². The molecule has 1 atom stereocenters. The van der Waals surface area contributed by atoms with Crippen molar-refractivity contribution in [2.75, 3.05) is 0 Å². The molecule has 1 N–H and O–H groups in total. The van der Waals surface area contributed by atoms with Crippen LogP contribution in [0.5, 0.6) is 0 Å². The molecule has 10 heavy (non-hydrogen) atoms. The van der Waals surface area contributed by atoms with Crippen molar-refractivity contribution >= 4 is 35.5 Å². The largest absolute Gasteiger partial charge is 0.481 e. The van der Waals surface area contributed by atoms with E-state index in [0.717, 1.165) is 0 Å². The zero-order valence-corrected chi connectivity index (χ0v) is 5.03. The molecule has 0 spiro atoms. The molecule has 0 saturated heterocycles. The molecule has 0 fully saturated rings. The summed E-state index contributed by atoms with van der Waals surface area (Å²) in [5.41, 5.74) is 0. The molecule has 0 aliphatic carbocycles. The maximum Gasteiger partial charge on any atom is 0.316 e. The van der Waals surface area contributed by atoms with Crippen LogP contribution < -0.4 is 0 Å². The zero-order valence-electron chi connectivity index (χ0n) is 5.03. The first-order valence-electron chi connectivity index (χ1n) is 2.47. The van der Waals surface area contributed by atoms with Gasteiger partial charge in [-0.25, -0.2) is 0 Å². The molecule has 1 unspecified atom stereocenters. The van der Waals surface area contributed by atoms with E-state index in [1.807, 2.05) is 0 Å². The standard InChI is InChI=1S/C5H8O4.Mg.2H/c1-4(9-3-6)2-5(7)8;;;/h3-4H,2H2,1H3,(H,7,8);;;. The van der Waals surface area contributed by atoms with E-state index in [1.165, 1.54) is 6.92 Å². The van der Waals surface area contributed by atoms with E-state index >= 15 is 0 Å². The first-order valence-corrected chi connectivity index (χ1v) is 2.47. The van der Waals surface area contributed by atoms with E-state index in [9.17, 15) is 9.59 Å². The SMILES string of the molecule is CC(CC(=O)O)OC=O.[MgH2]. The third-order valence-electron chi connectivity index (χ3n) is 0.750. The molecule has 0 aromatic heterocycles. The average Bonchev–Trinajstić information content (AvgIpc) is 1.63. The Bertz CT molecular complexity index is 114. The lowest BCUT2D eigenvalue weighted by molar-refractivity contribution is -0.142. The summed E-state index contributed by atoms with van der Waals surface area (Å²) in [6, 6.07) is 0. The smallest absolute Gasteiger partial charge is 0.316 e. The van der Waals surface area contributed by atoms with Crippen LogP contribution in [0, 0.1) is 0 Å². The number of rotatable bonds is 4. The maximum atomic E-state index is 9.89. The van der Waals surface area contributed by atoms with Crippen molar-refractivity contribution < 1.29 is 19.4 Å². The Kier molecular flexibility index (Phi) is 8.45. The summed E-state index contributed by atoms with van der Waals surface area (Å²) in [6.45, 7) is 1.76. The second-order valence-electron chi connectivity index (χ2n) is 1.64. The predicted molar refractivity (Wildman–Crippen MR) is 37.4 cm³/mol. The van der Waals surface area contributed by atoms with Gasteiger partial charge in [0.05, 0.1) is 6.42 Å². The van der Waals surface area contributed by atoms with Crippen LogP contribution in [0.4, 0.5) is 0 Å². The van der Waals surface area contributed by atoms with Gasteiger partial charge in [0, 0.05) is 0 Å². The van der Waals surface area contributed by atoms with Gasteiger partial charge in [-0.1, -0.05) is 0 Å².